The molecule has 3 unspecified atom stereocenters. The molecule has 5 rings (SSSR count). The summed E-state index contributed by atoms with van der Waals surface area (Å²) in [6.07, 6.45) is 2.45. The molecule has 0 saturated carbocycles. The third-order valence-corrected chi connectivity index (χ3v) is 9.04. The smallest absolute Gasteiger partial charge is 0.415 e. The van der Waals surface area contributed by atoms with Crippen molar-refractivity contribution in [3.05, 3.63) is 54.4 Å². The van der Waals surface area contributed by atoms with E-state index in [9.17, 15) is 22.8 Å². The molecule has 1 N–H and O–H groups in total. The van der Waals surface area contributed by atoms with Crippen LogP contribution in [-0.4, -0.2) is 71.6 Å². The van der Waals surface area contributed by atoms with Gasteiger partial charge in [-0.15, -0.1) is 0 Å². The number of nitrogens with zero attached hydrogens (tertiary/aromatic N) is 3. The second kappa shape index (κ2) is 10.4. The number of sulfonamides is 1. The number of aromatic nitrogens is 1. The molecule has 4 heterocycles. The number of Topliss-reactive ketones (excluding diaryl/α,β-unsaturated/α-hetero) is 1. The number of hydrogen-bond acceptors (Lipinski definition) is 8. The molecular formula is C27H30N4O7S. The van der Waals surface area contributed by atoms with E-state index in [0.717, 1.165) is 9.69 Å². The molecule has 0 spiro atoms. The van der Waals surface area contributed by atoms with Crippen molar-refractivity contribution in [1.29, 1.82) is 0 Å². The van der Waals surface area contributed by atoms with Crippen LogP contribution >= 0.6 is 0 Å². The van der Waals surface area contributed by atoms with Gasteiger partial charge in [0, 0.05) is 29.9 Å². The van der Waals surface area contributed by atoms with Gasteiger partial charge in [-0.1, -0.05) is 32.0 Å². The molecule has 0 radical (unpaired) electrons. The van der Waals surface area contributed by atoms with Crippen LogP contribution in [0.2, 0.25) is 0 Å². The van der Waals surface area contributed by atoms with Crippen LogP contribution in [0.5, 0.6) is 5.95 Å². The summed E-state index contributed by atoms with van der Waals surface area (Å²) in [5, 5.41) is 3.45. The fourth-order valence-corrected chi connectivity index (χ4v) is 6.96. The van der Waals surface area contributed by atoms with Crippen molar-refractivity contribution in [3.63, 3.8) is 0 Å². The number of furan rings is 1. The largest absolute Gasteiger partial charge is 0.425 e. The molecule has 2 aliphatic rings. The Kier molecular flexibility index (Phi) is 7.17. The lowest BCUT2D eigenvalue weighted by atomic mass is 10.0. The number of nitrogens with one attached hydrogen (secondary N) is 1. The highest BCUT2D eigenvalue weighted by Gasteiger charge is 2.54. The van der Waals surface area contributed by atoms with E-state index in [1.807, 2.05) is 32.0 Å². The van der Waals surface area contributed by atoms with Gasteiger partial charge in [-0.2, -0.15) is 4.31 Å². The second-order valence-electron chi connectivity index (χ2n) is 10.3. The molecule has 0 bridgehead atoms. The summed E-state index contributed by atoms with van der Waals surface area (Å²) in [6.45, 7) is 5.45. The van der Waals surface area contributed by atoms with Crippen LogP contribution in [0.15, 0.2) is 58.1 Å². The van der Waals surface area contributed by atoms with E-state index in [1.165, 1.54) is 29.4 Å². The van der Waals surface area contributed by atoms with E-state index in [4.69, 9.17) is 9.15 Å². The first-order valence-corrected chi connectivity index (χ1v) is 14.2. The average molecular weight is 555 g/mol. The van der Waals surface area contributed by atoms with E-state index in [0.29, 0.717) is 24.0 Å². The number of para-hydroxylation sites is 1. The van der Waals surface area contributed by atoms with Gasteiger partial charge in [-0.25, -0.2) is 13.2 Å². The van der Waals surface area contributed by atoms with E-state index in [2.05, 4.69) is 10.3 Å². The predicted molar refractivity (Wildman–Crippen MR) is 140 cm³/mol. The third kappa shape index (κ3) is 5.01. The molecule has 39 heavy (non-hydrogen) atoms. The Morgan fingerprint density at radius 2 is 1.97 bits per heavy atom. The van der Waals surface area contributed by atoms with Gasteiger partial charge in [0.05, 0.1) is 12.6 Å². The van der Waals surface area contributed by atoms with E-state index in [-0.39, 0.29) is 35.6 Å². The molecule has 12 heteroatoms. The Labute approximate surface area is 226 Å². The second-order valence-corrected chi connectivity index (χ2v) is 12.2. The zero-order valence-electron chi connectivity index (χ0n) is 21.9. The Morgan fingerprint density at radius 3 is 2.67 bits per heavy atom. The van der Waals surface area contributed by atoms with E-state index < -0.39 is 40.1 Å². The lowest BCUT2D eigenvalue weighted by Gasteiger charge is -2.28. The average Bonchev–Trinajstić information content (AvgIpc) is 3.58. The van der Waals surface area contributed by atoms with Crippen molar-refractivity contribution < 1.29 is 32.0 Å². The van der Waals surface area contributed by atoms with Crippen LogP contribution in [-0.2, 0) is 19.6 Å². The van der Waals surface area contributed by atoms with Crippen molar-refractivity contribution >= 4 is 38.8 Å². The number of amides is 2. The molecule has 2 aromatic heterocycles. The van der Waals surface area contributed by atoms with Gasteiger partial charge in [-0.05, 0) is 43.9 Å². The highest BCUT2D eigenvalue weighted by Crippen LogP contribution is 2.35. The van der Waals surface area contributed by atoms with Crippen molar-refractivity contribution in [3.8, 4) is 5.95 Å². The van der Waals surface area contributed by atoms with Crippen molar-refractivity contribution in [1.82, 2.24) is 19.5 Å². The molecule has 1 aromatic carbocycles. The normalized spacial score (nSPS) is 20.4. The van der Waals surface area contributed by atoms with Crippen LogP contribution in [0.3, 0.4) is 0 Å². The first kappa shape index (κ1) is 26.8. The number of ketones is 1. The van der Waals surface area contributed by atoms with Crippen molar-refractivity contribution in [2.24, 2.45) is 5.92 Å². The number of pyridine rings is 1. The summed E-state index contributed by atoms with van der Waals surface area (Å²) in [5.41, 5.74) is 1.22. The van der Waals surface area contributed by atoms with Gasteiger partial charge < -0.3 is 19.4 Å². The minimum absolute atomic E-state index is 0.00814. The lowest BCUT2D eigenvalue weighted by Crippen LogP contribution is -2.53. The van der Waals surface area contributed by atoms with Crippen molar-refractivity contribution in [2.75, 3.05) is 13.1 Å². The minimum Gasteiger partial charge on any atom is -0.425 e. The van der Waals surface area contributed by atoms with E-state index >= 15 is 0 Å². The monoisotopic (exact) mass is 554 g/mol. The summed E-state index contributed by atoms with van der Waals surface area (Å²) >= 11 is 0. The van der Waals surface area contributed by atoms with Gasteiger partial charge in [0.1, 0.15) is 22.6 Å². The summed E-state index contributed by atoms with van der Waals surface area (Å²) in [5.74, 6) is -0.745. The zero-order chi connectivity index (χ0) is 27.9. The highest BCUT2D eigenvalue weighted by molar-refractivity contribution is 7.89. The van der Waals surface area contributed by atoms with Gasteiger partial charge in [0.15, 0.2) is 5.78 Å². The number of fused-ring (bicyclic) bond motifs is 2. The quantitative estimate of drug-likeness (QED) is 0.470. The lowest BCUT2D eigenvalue weighted by molar-refractivity contribution is -0.138. The van der Waals surface area contributed by atoms with Crippen LogP contribution in [0.25, 0.3) is 11.0 Å². The maximum Gasteiger partial charge on any atom is 0.415 e. The summed E-state index contributed by atoms with van der Waals surface area (Å²) < 4.78 is 38.7. The SMILES string of the molecule is Cc1c(OC(=O)NC(CC(C)C)C(=O)N2CCC3C2C(=O)CN3S(=O)(=O)c2cccnc2)oc2ccccc12. The molecule has 2 saturated heterocycles. The number of aryl methyl sites for hydroxylation is 1. The summed E-state index contributed by atoms with van der Waals surface area (Å²) in [7, 11) is -3.97. The van der Waals surface area contributed by atoms with Crippen LogP contribution in [0.4, 0.5) is 4.79 Å². The maximum absolute atomic E-state index is 13.7. The molecule has 2 fully saturated rings. The molecule has 2 amide bonds. The van der Waals surface area contributed by atoms with Gasteiger partial charge in [0.2, 0.25) is 15.9 Å². The molecule has 3 aromatic rings. The van der Waals surface area contributed by atoms with E-state index in [1.54, 1.807) is 13.0 Å². The molecular weight excluding hydrogens is 524 g/mol. The summed E-state index contributed by atoms with van der Waals surface area (Å²) in [6, 6.07) is 7.63. The van der Waals surface area contributed by atoms with Gasteiger partial charge in [0.25, 0.3) is 5.95 Å². The molecule has 206 valence electrons. The number of rotatable bonds is 7. The molecule has 11 nitrogen and oxygen atoms in total. The first-order valence-electron chi connectivity index (χ1n) is 12.8. The fourth-order valence-electron chi connectivity index (χ4n) is 5.37. The predicted octanol–water partition coefficient (Wildman–Crippen LogP) is 2.88. The maximum atomic E-state index is 13.7. The fraction of sp³-hybridized carbons (Fsp3) is 0.407. The number of ether oxygens (including phenoxy) is 1. The Balaban J connectivity index is 1.33. The Morgan fingerprint density at radius 1 is 1.21 bits per heavy atom. The first-order chi connectivity index (χ1) is 18.6. The molecule has 0 aliphatic carbocycles. The van der Waals surface area contributed by atoms with Crippen molar-refractivity contribution in [2.45, 2.75) is 56.6 Å². The third-order valence-electron chi connectivity index (χ3n) is 7.18. The number of benzene rings is 1. The molecule has 2 aliphatic heterocycles. The van der Waals surface area contributed by atoms with Crippen LogP contribution in [0.1, 0.15) is 32.3 Å². The standard InChI is InChI=1S/C27H30N4O7S/c1-16(2)13-20(29-27(34)38-26-17(3)19-8-4-5-9-23(19)37-26)25(33)30-12-10-21-24(30)22(32)15-31(21)39(35,36)18-7-6-11-28-14-18/h4-9,11,14,16,20-21,24H,10,12-13,15H2,1-3H3,(H,29,34). The number of carbonyl (C=O) groups excluding carboxylic acids is 3. The number of hydrogen-bond donors (Lipinski definition) is 1. The Bertz CT molecular complexity index is 1520. The zero-order valence-corrected chi connectivity index (χ0v) is 22.7. The van der Waals surface area contributed by atoms with Crippen LogP contribution in [0, 0.1) is 12.8 Å². The van der Waals surface area contributed by atoms with Crippen LogP contribution < -0.4 is 10.1 Å². The number of carbonyl (C=O) groups is 3. The Hall–Kier alpha value is -3.77. The number of likely N-dealkylation sites (tertiary alicyclic amines) is 1. The summed E-state index contributed by atoms with van der Waals surface area (Å²) in [4.78, 5) is 44.9. The topological polar surface area (TPSA) is 139 Å². The highest BCUT2D eigenvalue weighted by atomic mass is 32.2. The van der Waals surface area contributed by atoms with Gasteiger partial charge >= 0.3 is 6.09 Å². The molecule has 3 atom stereocenters. The minimum atomic E-state index is -3.97. The van der Waals surface area contributed by atoms with Gasteiger partial charge in [-0.3, -0.25) is 14.6 Å².